The number of aromatic amines is 1. The topological polar surface area (TPSA) is 191 Å². The number of hydrogen-bond donors (Lipinski definition) is 5. The van der Waals surface area contributed by atoms with Crippen molar-refractivity contribution in [2.24, 2.45) is 11.3 Å². The van der Waals surface area contributed by atoms with Crippen LogP contribution in [-0.2, 0) is 27.3 Å². The first kappa shape index (κ1) is 48.0. The summed E-state index contributed by atoms with van der Waals surface area (Å²) in [5, 5.41) is 37.0. The van der Waals surface area contributed by atoms with E-state index in [1.807, 2.05) is 56.0 Å². The molecular formula is C53H68N10O6. The first-order chi connectivity index (χ1) is 33.2. The summed E-state index contributed by atoms with van der Waals surface area (Å²) in [6.07, 6.45) is 10.9. The van der Waals surface area contributed by atoms with Gasteiger partial charge in [0, 0.05) is 105 Å². The van der Waals surface area contributed by atoms with Crippen molar-refractivity contribution in [3.63, 3.8) is 0 Å². The number of nitrogens with one attached hydrogen (secondary N) is 3. The van der Waals surface area contributed by atoms with Crippen molar-refractivity contribution in [2.45, 2.75) is 122 Å². The molecule has 4 fully saturated rings. The third-order valence-electron chi connectivity index (χ3n) is 15.6. The molecule has 366 valence electrons. The number of fused-ring (bicyclic) bond motifs is 3. The normalized spacial score (nSPS) is 22.8. The van der Waals surface area contributed by atoms with Gasteiger partial charge in [-0.25, -0.2) is 4.79 Å². The van der Waals surface area contributed by atoms with Crippen LogP contribution in [0.5, 0.6) is 5.75 Å². The molecule has 16 nitrogen and oxygen atoms in total. The molecule has 4 atom stereocenters. The number of phenols is 1. The van der Waals surface area contributed by atoms with Gasteiger partial charge in [0.15, 0.2) is 5.65 Å². The number of aromatic nitrogens is 3. The minimum Gasteiger partial charge on any atom is -0.507 e. The molecular weight excluding hydrogens is 873 g/mol. The van der Waals surface area contributed by atoms with Crippen molar-refractivity contribution in [3.8, 4) is 29.4 Å². The van der Waals surface area contributed by atoms with E-state index in [1.54, 1.807) is 23.1 Å². The maximum Gasteiger partial charge on any atom is 0.318 e. The van der Waals surface area contributed by atoms with Crippen molar-refractivity contribution >= 4 is 34.8 Å². The van der Waals surface area contributed by atoms with Gasteiger partial charge in [-0.2, -0.15) is 0 Å². The maximum absolute atomic E-state index is 14.2. The van der Waals surface area contributed by atoms with E-state index in [9.17, 15) is 29.4 Å². The molecule has 5 amide bonds. The molecule has 16 heteroatoms. The summed E-state index contributed by atoms with van der Waals surface area (Å²) in [4.78, 5) is 69.2. The minimum atomic E-state index is -0.947. The van der Waals surface area contributed by atoms with Crippen LogP contribution in [0.25, 0.3) is 22.3 Å². The molecule has 69 heavy (non-hydrogen) atoms. The molecule has 4 aromatic rings. The Bertz CT molecular complexity index is 2560. The zero-order valence-electron chi connectivity index (χ0n) is 40.5. The van der Waals surface area contributed by atoms with Crippen molar-refractivity contribution in [2.75, 3.05) is 52.4 Å². The third kappa shape index (κ3) is 10.2. The summed E-state index contributed by atoms with van der Waals surface area (Å²) >= 11 is 0. The number of H-pyrrole nitrogens is 1. The number of urea groups is 1. The monoisotopic (exact) mass is 941 g/mol. The molecule has 2 aromatic heterocycles. The zero-order chi connectivity index (χ0) is 48.6. The van der Waals surface area contributed by atoms with E-state index in [4.69, 9.17) is 6.42 Å². The van der Waals surface area contributed by atoms with Crippen LogP contribution in [0.3, 0.4) is 0 Å². The number of aromatic hydroxyl groups is 1. The Labute approximate surface area is 405 Å². The standard InChI is InChI=1S/C53H68N10O6/c1-6-34-11-13-35(14-12-34)31-54-49(66)44-29-39(64)32-63(44)51(68)47(53(3,4)5)56-52(69)61-22-15-36(16-23-61)50(67)60-26-17-37(18-27-60)59-24-19-38(20-25-59)62-28-21-42-46(33(62)2)41-30-43(57-58-48(41)55-42)40-9-7-8-10-45(40)65/h1,7-14,30,33,36-39,44,47,64-65H,15-29,31-32H2,2-5H3,(H,54,66)(H,55,58)(H,56,69)/t33-,39-,44+,47-/m1/s1. The number of nitrogens with zero attached hydrogens (tertiary/aromatic N) is 7. The van der Waals surface area contributed by atoms with Crippen molar-refractivity contribution in [1.82, 2.24) is 50.3 Å². The molecule has 5 aliphatic heterocycles. The van der Waals surface area contributed by atoms with E-state index in [2.05, 4.69) is 54.5 Å². The van der Waals surface area contributed by atoms with E-state index in [-0.39, 0.29) is 55.1 Å². The van der Waals surface area contributed by atoms with Crippen LogP contribution < -0.4 is 10.6 Å². The highest BCUT2D eigenvalue weighted by Crippen LogP contribution is 2.40. The smallest absolute Gasteiger partial charge is 0.318 e. The number of aliphatic hydroxyl groups excluding tert-OH is 1. The number of phenolic OH excluding ortho intramolecular Hbond substituents is 1. The number of amides is 5. The summed E-state index contributed by atoms with van der Waals surface area (Å²) in [6.45, 7) is 13.5. The van der Waals surface area contributed by atoms with Gasteiger partial charge in [-0.15, -0.1) is 16.6 Å². The molecule has 0 aliphatic carbocycles. The Balaban J connectivity index is 0.725. The number of benzene rings is 2. The minimum absolute atomic E-state index is 0.00605. The highest BCUT2D eigenvalue weighted by Gasteiger charge is 2.45. The van der Waals surface area contributed by atoms with Crippen LogP contribution in [0.15, 0.2) is 54.6 Å². The number of piperidine rings is 3. The van der Waals surface area contributed by atoms with Gasteiger partial charge in [-0.1, -0.05) is 51.0 Å². The van der Waals surface area contributed by atoms with Gasteiger partial charge >= 0.3 is 6.03 Å². The molecule has 5 aliphatic rings. The predicted molar refractivity (Wildman–Crippen MR) is 262 cm³/mol. The summed E-state index contributed by atoms with van der Waals surface area (Å²) < 4.78 is 0. The Morgan fingerprint density at radius 2 is 1.57 bits per heavy atom. The van der Waals surface area contributed by atoms with Crippen LogP contribution in [-0.4, -0.2) is 156 Å². The van der Waals surface area contributed by atoms with Gasteiger partial charge in [0.05, 0.1) is 11.8 Å². The number of aliphatic hydroxyl groups is 1. The van der Waals surface area contributed by atoms with Crippen LogP contribution in [0.2, 0.25) is 0 Å². The van der Waals surface area contributed by atoms with E-state index < -0.39 is 29.5 Å². The van der Waals surface area contributed by atoms with Crippen molar-refractivity contribution < 1.29 is 29.4 Å². The lowest BCUT2D eigenvalue weighted by atomic mass is 9.85. The Morgan fingerprint density at radius 3 is 2.25 bits per heavy atom. The Morgan fingerprint density at radius 1 is 0.884 bits per heavy atom. The second kappa shape index (κ2) is 20.1. The fourth-order valence-electron chi connectivity index (χ4n) is 11.6. The van der Waals surface area contributed by atoms with Gasteiger partial charge in [-0.3, -0.25) is 19.3 Å². The molecule has 2 aromatic carbocycles. The summed E-state index contributed by atoms with van der Waals surface area (Å²) in [7, 11) is 0. The first-order valence-corrected chi connectivity index (χ1v) is 25.0. The summed E-state index contributed by atoms with van der Waals surface area (Å²) in [6, 6.07) is 15.6. The number of para-hydroxylation sites is 1. The summed E-state index contributed by atoms with van der Waals surface area (Å²) in [5.74, 6) is 2.00. The van der Waals surface area contributed by atoms with Crippen molar-refractivity contribution in [3.05, 3.63) is 77.0 Å². The van der Waals surface area contributed by atoms with Crippen LogP contribution >= 0.6 is 0 Å². The third-order valence-corrected chi connectivity index (χ3v) is 15.6. The fourth-order valence-corrected chi connectivity index (χ4v) is 11.6. The maximum atomic E-state index is 14.2. The number of β-amino-alcohol motifs (C(OH)–C–C–N with tert-alkyl or cyclic N) is 1. The number of hydrogen-bond acceptors (Lipinski definition) is 10. The largest absolute Gasteiger partial charge is 0.507 e. The number of carbonyl (C=O) groups excluding carboxylic acids is 4. The molecule has 7 heterocycles. The highest BCUT2D eigenvalue weighted by molar-refractivity contribution is 5.93. The van der Waals surface area contributed by atoms with Crippen LogP contribution in [0.1, 0.15) is 101 Å². The second-order valence-electron chi connectivity index (χ2n) is 21.0. The predicted octanol–water partition coefficient (Wildman–Crippen LogP) is 4.80. The Hall–Kier alpha value is -6.02. The summed E-state index contributed by atoms with van der Waals surface area (Å²) in [5.41, 5.74) is 5.55. The van der Waals surface area contributed by atoms with Gasteiger partial charge in [0.25, 0.3) is 0 Å². The van der Waals surface area contributed by atoms with E-state index in [1.165, 1.54) is 16.2 Å². The van der Waals surface area contributed by atoms with Crippen LogP contribution in [0, 0.1) is 23.7 Å². The molecule has 0 bridgehead atoms. The lowest BCUT2D eigenvalue weighted by Gasteiger charge is -2.46. The highest BCUT2D eigenvalue weighted by atomic mass is 16.3. The molecule has 4 saturated heterocycles. The quantitative estimate of drug-likeness (QED) is 0.146. The Kier molecular flexibility index (Phi) is 14.0. The molecule has 0 radical (unpaired) electrons. The van der Waals surface area contributed by atoms with Gasteiger partial charge < -0.3 is 45.4 Å². The molecule has 0 unspecified atom stereocenters. The fraction of sp³-hybridized carbons (Fsp3) is 0.547. The van der Waals surface area contributed by atoms with Gasteiger partial charge in [0.1, 0.15) is 17.8 Å². The number of rotatable bonds is 9. The second-order valence-corrected chi connectivity index (χ2v) is 21.0. The number of terminal acetylenes is 1. The van der Waals surface area contributed by atoms with Gasteiger partial charge in [0.2, 0.25) is 17.7 Å². The molecule has 5 N–H and O–H groups in total. The van der Waals surface area contributed by atoms with Crippen molar-refractivity contribution in [1.29, 1.82) is 0 Å². The van der Waals surface area contributed by atoms with Crippen LogP contribution in [0.4, 0.5) is 4.79 Å². The molecule has 0 spiro atoms. The molecule has 9 rings (SSSR count). The van der Waals surface area contributed by atoms with E-state index >= 15 is 0 Å². The number of likely N-dealkylation sites (tertiary alicyclic amines) is 4. The average Bonchev–Trinajstić information content (AvgIpc) is 3.95. The number of carbonyl (C=O) groups is 4. The van der Waals surface area contributed by atoms with Gasteiger partial charge in [-0.05, 0) is 105 Å². The molecule has 0 saturated carbocycles. The van der Waals surface area contributed by atoms with E-state index in [0.717, 1.165) is 87.0 Å². The zero-order valence-corrected chi connectivity index (χ0v) is 40.5. The first-order valence-electron chi connectivity index (χ1n) is 25.0. The lowest BCUT2D eigenvalue weighted by Crippen LogP contribution is -2.60. The lowest BCUT2D eigenvalue weighted by molar-refractivity contribution is -0.142. The van der Waals surface area contributed by atoms with E-state index in [0.29, 0.717) is 49.3 Å². The SMILES string of the molecule is C#Cc1ccc(CNC(=O)[C@@H]2C[C@@H](O)CN2C(=O)[C@@H](NC(=O)N2CCC(C(=O)N3CCC(N4CCC(N5CCc6[nH]c7nnc(-c8ccccc8O)cc7c6[C@H]5C)CC4)CC3)CC2)C(C)(C)C)cc1. The average molecular weight is 941 g/mol.